The van der Waals surface area contributed by atoms with Crippen molar-refractivity contribution in [1.29, 1.82) is 0 Å². The Bertz CT molecular complexity index is 580. The molecule has 0 spiro atoms. The molecule has 6 nitrogen and oxygen atoms in total. The zero-order valence-electron chi connectivity index (χ0n) is 11.1. The number of nitrogens with one attached hydrogen (secondary N) is 1. The quantitative estimate of drug-likeness (QED) is 0.838. The van der Waals surface area contributed by atoms with E-state index in [4.69, 9.17) is 4.74 Å². The fourth-order valence-electron chi connectivity index (χ4n) is 1.83. The Morgan fingerprint density at radius 2 is 2.42 bits per heavy atom. The first-order valence-electron chi connectivity index (χ1n) is 6.35. The fraction of sp³-hybridized carbons (Fsp3) is 0.583. The molecular weight excluding hydrogens is 264 g/mol. The molecule has 0 aliphatic carbocycles. The topological polar surface area (TPSA) is 68.5 Å². The van der Waals surface area contributed by atoms with Gasteiger partial charge in [-0.2, -0.15) is 4.52 Å². The molecule has 0 aliphatic heterocycles. The number of aromatic nitrogens is 3. The molecule has 104 valence electrons. The third kappa shape index (κ3) is 3.51. The molecule has 7 heteroatoms. The van der Waals surface area contributed by atoms with Crippen LogP contribution in [0.1, 0.15) is 26.2 Å². The van der Waals surface area contributed by atoms with Gasteiger partial charge in [-0.15, -0.1) is 5.10 Å². The van der Waals surface area contributed by atoms with Crippen molar-refractivity contribution in [2.75, 3.05) is 19.0 Å². The summed E-state index contributed by atoms with van der Waals surface area (Å²) in [6.07, 6.45) is 4.79. The van der Waals surface area contributed by atoms with Gasteiger partial charge in [0, 0.05) is 19.4 Å². The second kappa shape index (κ2) is 6.63. The number of ether oxygens (including phenoxy) is 1. The van der Waals surface area contributed by atoms with Crippen LogP contribution >= 0.6 is 11.3 Å². The highest BCUT2D eigenvalue weighted by molar-refractivity contribution is 7.20. The number of fused-ring (bicyclic) bond motifs is 1. The highest BCUT2D eigenvalue weighted by Crippen LogP contribution is 2.18. The van der Waals surface area contributed by atoms with Gasteiger partial charge in [0.15, 0.2) is 0 Å². The van der Waals surface area contributed by atoms with Gasteiger partial charge in [-0.1, -0.05) is 31.1 Å². The van der Waals surface area contributed by atoms with E-state index in [2.05, 4.69) is 22.3 Å². The van der Waals surface area contributed by atoms with Crippen LogP contribution in [-0.4, -0.2) is 34.4 Å². The minimum Gasteiger partial charge on any atom is -0.383 e. The maximum absolute atomic E-state index is 11.6. The van der Waals surface area contributed by atoms with Crippen molar-refractivity contribution >= 4 is 21.4 Å². The Kier molecular flexibility index (Phi) is 4.86. The molecule has 2 heterocycles. The Morgan fingerprint density at radius 1 is 1.58 bits per heavy atom. The predicted molar refractivity (Wildman–Crippen MR) is 75.9 cm³/mol. The second-order valence-electron chi connectivity index (χ2n) is 4.32. The molecule has 2 aromatic heterocycles. The van der Waals surface area contributed by atoms with Gasteiger partial charge in [0.1, 0.15) is 0 Å². The van der Waals surface area contributed by atoms with Crippen LogP contribution in [0.2, 0.25) is 0 Å². The maximum atomic E-state index is 11.6. The largest absolute Gasteiger partial charge is 0.383 e. The Labute approximate surface area is 115 Å². The minimum absolute atomic E-state index is 0.161. The molecule has 0 aliphatic rings. The molecule has 1 atom stereocenters. The van der Waals surface area contributed by atoms with Crippen LogP contribution < -0.4 is 10.9 Å². The van der Waals surface area contributed by atoms with Gasteiger partial charge in [-0.25, -0.2) is 4.98 Å². The van der Waals surface area contributed by atoms with E-state index in [1.807, 2.05) is 0 Å². The number of hydrogen-bond donors (Lipinski definition) is 1. The fourth-order valence-corrected chi connectivity index (χ4v) is 2.68. The van der Waals surface area contributed by atoms with E-state index in [0.717, 1.165) is 19.3 Å². The standard InChI is InChI=1S/C12H18N4O2S/c1-3-4-5-9(8-18-2)14-11-15-16-10(17)6-7-13-12(16)19-11/h6-7,9H,3-5,8H2,1-2H3,(H,14,15). The molecule has 0 bridgehead atoms. The molecule has 0 radical (unpaired) electrons. The van der Waals surface area contributed by atoms with Crippen molar-refractivity contribution in [2.45, 2.75) is 32.2 Å². The Hall–Kier alpha value is -1.47. The lowest BCUT2D eigenvalue weighted by Gasteiger charge is -2.16. The number of nitrogens with zero attached hydrogens (tertiary/aromatic N) is 3. The average molecular weight is 282 g/mol. The number of hydrogen-bond acceptors (Lipinski definition) is 6. The lowest BCUT2D eigenvalue weighted by molar-refractivity contribution is 0.182. The lowest BCUT2D eigenvalue weighted by Crippen LogP contribution is -2.25. The molecule has 2 rings (SSSR count). The van der Waals surface area contributed by atoms with E-state index in [9.17, 15) is 4.79 Å². The highest BCUT2D eigenvalue weighted by atomic mass is 32.1. The van der Waals surface area contributed by atoms with Crippen LogP contribution in [0.4, 0.5) is 5.13 Å². The third-order valence-electron chi connectivity index (χ3n) is 2.77. The molecule has 2 aromatic rings. The molecule has 1 N–H and O–H groups in total. The molecule has 0 fully saturated rings. The van der Waals surface area contributed by atoms with Crippen molar-refractivity contribution in [2.24, 2.45) is 0 Å². The summed E-state index contributed by atoms with van der Waals surface area (Å²) >= 11 is 1.37. The molecule has 0 saturated carbocycles. The van der Waals surface area contributed by atoms with Gasteiger partial charge < -0.3 is 10.1 Å². The van der Waals surface area contributed by atoms with Crippen LogP contribution in [0.25, 0.3) is 4.96 Å². The summed E-state index contributed by atoms with van der Waals surface area (Å²) in [7, 11) is 1.69. The maximum Gasteiger partial charge on any atom is 0.275 e. The van der Waals surface area contributed by atoms with Gasteiger partial charge in [-0.3, -0.25) is 4.79 Å². The normalized spacial score (nSPS) is 12.7. The van der Waals surface area contributed by atoms with Crippen LogP contribution in [0, 0.1) is 0 Å². The predicted octanol–water partition coefficient (Wildman–Crippen LogP) is 1.77. The van der Waals surface area contributed by atoms with Crippen molar-refractivity contribution in [1.82, 2.24) is 14.6 Å². The van der Waals surface area contributed by atoms with Gasteiger partial charge in [0.25, 0.3) is 5.56 Å². The minimum atomic E-state index is -0.161. The second-order valence-corrected chi connectivity index (χ2v) is 5.28. The lowest BCUT2D eigenvalue weighted by atomic mass is 10.1. The van der Waals surface area contributed by atoms with E-state index in [1.54, 1.807) is 7.11 Å². The summed E-state index contributed by atoms with van der Waals surface area (Å²) in [6.45, 7) is 2.78. The Balaban J connectivity index is 2.14. The van der Waals surface area contributed by atoms with Crippen molar-refractivity contribution < 1.29 is 4.74 Å². The summed E-state index contributed by atoms with van der Waals surface area (Å²) in [5.74, 6) is 0. The molecule has 19 heavy (non-hydrogen) atoms. The van der Waals surface area contributed by atoms with Crippen LogP contribution in [0.5, 0.6) is 0 Å². The summed E-state index contributed by atoms with van der Waals surface area (Å²) in [4.78, 5) is 16.3. The molecule has 0 saturated heterocycles. The monoisotopic (exact) mass is 282 g/mol. The zero-order chi connectivity index (χ0) is 13.7. The number of methoxy groups -OCH3 is 1. The number of anilines is 1. The molecule has 0 aromatic carbocycles. The number of unbranched alkanes of at least 4 members (excludes halogenated alkanes) is 1. The highest BCUT2D eigenvalue weighted by Gasteiger charge is 2.12. The van der Waals surface area contributed by atoms with Gasteiger partial charge in [0.05, 0.1) is 12.6 Å². The van der Waals surface area contributed by atoms with E-state index < -0.39 is 0 Å². The van der Waals surface area contributed by atoms with Crippen LogP contribution in [-0.2, 0) is 4.74 Å². The molecule has 0 amide bonds. The summed E-state index contributed by atoms with van der Waals surface area (Å²) in [5.41, 5.74) is -0.161. The van der Waals surface area contributed by atoms with Crippen molar-refractivity contribution in [3.05, 3.63) is 22.6 Å². The van der Waals surface area contributed by atoms with E-state index >= 15 is 0 Å². The first kappa shape index (κ1) is 14.0. The Morgan fingerprint density at radius 3 is 3.11 bits per heavy atom. The average Bonchev–Trinajstić information content (AvgIpc) is 2.80. The summed E-state index contributed by atoms with van der Waals surface area (Å²) in [5, 5.41) is 8.25. The van der Waals surface area contributed by atoms with Gasteiger partial charge in [-0.05, 0) is 6.42 Å². The van der Waals surface area contributed by atoms with Gasteiger partial charge >= 0.3 is 0 Å². The first-order valence-corrected chi connectivity index (χ1v) is 7.16. The van der Waals surface area contributed by atoms with Crippen LogP contribution in [0.15, 0.2) is 17.1 Å². The van der Waals surface area contributed by atoms with E-state index in [-0.39, 0.29) is 11.6 Å². The smallest absolute Gasteiger partial charge is 0.275 e. The van der Waals surface area contributed by atoms with Gasteiger partial charge in [0.2, 0.25) is 10.1 Å². The first-order chi connectivity index (χ1) is 9.24. The van der Waals surface area contributed by atoms with Crippen LogP contribution in [0.3, 0.4) is 0 Å². The van der Waals surface area contributed by atoms with Crippen molar-refractivity contribution in [3.63, 3.8) is 0 Å². The molecular formula is C12H18N4O2S. The van der Waals surface area contributed by atoms with Crippen molar-refractivity contribution in [3.8, 4) is 0 Å². The SMILES string of the molecule is CCCCC(COC)Nc1nn2c(=O)ccnc2s1. The number of rotatable bonds is 7. The third-order valence-corrected chi connectivity index (χ3v) is 3.63. The van der Waals surface area contributed by atoms with E-state index in [0.29, 0.717) is 16.7 Å². The summed E-state index contributed by atoms with van der Waals surface area (Å²) in [6, 6.07) is 1.61. The molecule has 1 unspecified atom stereocenters. The van der Waals surface area contributed by atoms with E-state index in [1.165, 1.54) is 28.1 Å². The summed E-state index contributed by atoms with van der Waals surface area (Å²) < 4.78 is 6.52. The zero-order valence-corrected chi connectivity index (χ0v) is 11.9.